The van der Waals surface area contributed by atoms with Crippen molar-refractivity contribution in [1.29, 1.82) is 0 Å². The van der Waals surface area contributed by atoms with Gasteiger partial charge in [0.05, 0.1) is 0 Å². The zero-order chi connectivity index (χ0) is 10.4. The van der Waals surface area contributed by atoms with Gasteiger partial charge in [0, 0.05) is 0 Å². The molecule has 0 aliphatic rings. The highest BCUT2D eigenvalue weighted by atomic mass is 14.0. The molecule has 0 N–H and O–H groups in total. The molecule has 0 heteroatoms. The van der Waals surface area contributed by atoms with Crippen LogP contribution >= 0.6 is 0 Å². The van der Waals surface area contributed by atoms with Gasteiger partial charge in [0.2, 0.25) is 0 Å². The van der Waals surface area contributed by atoms with Crippen LogP contribution in [0.5, 0.6) is 0 Å². The predicted molar refractivity (Wildman–Crippen MR) is 64.3 cm³/mol. The molecule has 0 aliphatic carbocycles. The minimum Gasteiger partial charge on any atom is -0.0985 e. The molecule has 1 aromatic carbocycles. The second-order valence-electron chi connectivity index (χ2n) is 3.52. The van der Waals surface area contributed by atoms with Gasteiger partial charge in [-0.05, 0) is 24.5 Å². The lowest BCUT2D eigenvalue weighted by molar-refractivity contribution is 0.960. The van der Waals surface area contributed by atoms with Crippen molar-refractivity contribution in [3.8, 4) is 0 Å². The molecular formula is C14H18. The van der Waals surface area contributed by atoms with Crippen LogP contribution in [0.3, 0.4) is 0 Å². The summed E-state index contributed by atoms with van der Waals surface area (Å²) in [7, 11) is 0. The second kappa shape index (κ2) is 5.43. The lowest BCUT2D eigenvalue weighted by Crippen LogP contribution is -1.81. The van der Waals surface area contributed by atoms with Gasteiger partial charge in [-0.2, -0.15) is 0 Å². The summed E-state index contributed by atoms with van der Waals surface area (Å²) < 4.78 is 0. The zero-order valence-corrected chi connectivity index (χ0v) is 9.09. The number of hydrogen-bond donors (Lipinski definition) is 0. The lowest BCUT2D eigenvalue weighted by atomic mass is 10.0. The largest absolute Gasteiger partial charge is 0.0985 e. The van der Waals surface area contributed by atoms with Crippen molar-refractivity contribution < 1.29 is 0 Å². The van der Waals surface area contributed by atoms with Gasteiger partial charge in [-0.25, -0.2) is 0 Å². The first-order chi connectivity index (χ1) is 6.77. The van der Waals surface area contributed by atoms with Crippen LogP contribution in [0.4, 0.5) is 0 Å². The third kappa shape index (κ3) is 2.88. The van der Waals surface area contributed by atoms with Gasteiger partial charge >= 0.3 is 0 Å². The predicted octanol–water partition coefficient (Wildman–Crippen LogP) is 4.36. The summed E-state index contributed by atoms with van der Waals surface area (Å²) in [5, 5.41) is 0. The molecule has 74 valence electrons. The molecule has 1 aromatic rings. The van der Waals surface area contributed by atoms with E-state index in [9.17, 15) is 0 Å². The van der Waals surface area contributed by atoms with Gasteiger partial charge in [0.15, 0.2) is 0 Å². The van der Waals surface area contributed by atoms with Crippen molar-refractivity contribution in [2.24, 2.45) is 0 Å². The van der Waals surface area contributed by atoms with Gasteiger partial charge in [0.25, 0.3) is 0 Å². The Hall–Kier alpha value is -1.30. The molecule has 0 heterocycles. The molecule has 0 amide bonds. The van der Waals surface area contributed by atoms with Crippen molar-refractivity contribution in [2.45, 2.75) is 26.7 Å². The van der Waals surface area contributed by atoms with E-state index in [0.717, 1.165) is 6.42 Å². The lowest BCUT2D eigenvalue weighted by Gasteiger charge is -2.02. The average molecular weight is 186 g/mol. The molecule has 0 aliphatic heterocycles. The third-order valence-electron chi connectivity index (χ3n) is 2.26. The van der Waals surface area contributed by atoms with Gasteiger partial charge < -0.3 is 0 Å². The Bertz CT molecular complexity index is 314. The fraction of sp³-hybridized carbons (Fsp3) is 0.286. The van der Waals surface area contributed by atoms with E-state index in [2.05, 4.69) is 50.8 Å². The number of unbranched alkanes of at least 4 members (excludes halogenated alkanes) is 1. The van der Waals surface area contributed by atoms with E-state index in [1.807, 2.05) is 6.08 Å². The van der Waals surface area contributed by atoms with E-state index in [1.165, 1.54) is 23.1 Å². The Morgan fingerprint density at radius 1 is 1.29 bits per heavy atom. The van der Waals surface area contributed by atoms with Crippen LogP contribution in [0.15, 0.2) is 43.0 Å². The first kappa shape index (κ1) is 10.8. The maximum absolute atomic E-state index is 3.84. The molecule has 0 bridgehead atoms. The Kier molecular flexibility index (Phi) is 4.18. The average Bonchev–Trinajstić information content (AvgIpc) is 2.21. The molecular weight excluding hydrogens is 168 g/mol. The highest BCUT2D eigenvalue weighted by Crippen LogP contribution is 2.17. The summed E-state index contributed by atoms with van der Waals surface area (Å²) in [6.07, 6.45) is 6.48. The Morgan fingerprint density at radius 3 is 2.43 bits per heavy atom. The van der Waals surface area contributed by atoms with E-state index in [-0.39, 0.29) is 0 Å². The quantitative estimate of drug-likeness (QED) is 0.613. The molecule has 0 nitrogen and oxygen atoms in total. The fourth-order valence-electron chi connectivity index (χ4n) is 1.36. The maximum Gasteiger partial charge on any atom is -0.0187 e. The van der Waals surface area contributed by atoms with Crippen molar-refractivity contribution in [3.63, 3.8) is 0 Å². The van der Waals surface area contributed by atoms with Crippen LogP contribution in [0.1, 0.15) is 30.9 Å². The number of hydrogen-bond acceptors (Lipinski definition) is 0. The number of rotatable bonds is 4. The first-order valence-electron chi connectivity index (χ1n) is 5.17. The number of aryl methyl sites for hydroxylation is 1. The Balaban J connectivity index is 2.89. The third-order valence-corrected chi connectivity index (χ3v) is 2.26. The fourth-order valence-corrected chi connectivity index (χ4v) is 1.36. The molecule has 0 fully saturated rings. The second-order valence-corrected chi connectivity index (χ2v) is 3.52. The SMILES string of the molecule is C=C/C(=C\CCC)c1ccc(C)cc1. The standard InChI is InChI=1S/C14H18/c1-4-6-7-13(5-2)14-10-8-12(3)9-11-14/h5,7-11H,2,4,6H2,1,3H3/b13-7+. The van der Waals surface area contributed by atoms with Crippen LogP contribution in [0.2, 0.25) is 0 Å². The van der Waals surface area contributed by atoms with E-state index in [0.29, 0.717) is 0 Å². The highest BCUT2D eigenvalue weighted by Gasteiger charge is 1.95. The maximum atomic E-state index is 3.84. The molecule has 0 saturated heterocycles. The molecule has 1 rings (SSSR count). The zero-order valence-electron chi connectivity index (χ0n) is 9.09. The summed E-state index contributed by atoms with van der Waals surface area (Å²) >= 11 is 0. The molecule has 0 atom stereocenters. The summed E-state index contributed by atoms with van der Waals surface area (Å²) in [5.41, 5.74) is 3.80. The Morgan fingerprint density at radius 2 is 1.93 bits per heavy atom. The van der Waals surface area contributed by atoms with E-state index in [4.69, 9.17) is 0 Å². The topological polar surface area (TPSA) is 0 Å². The van der Waals surface area contributed by atoms with Crippen LogP contribution in [0, 0.1) is 6.92 Å². The Labute approximate surface area is 87.0 Å². The summed E-state index contributed by atoms with van der Waals surface area (Å²) in [6.45, 7) is 8.14. The van der Waals surface area contributed by atoms with Gasteiger partial charge in [0.1, 0.15) is 0 Å². The minimum absolute atomic E-state index is 1.12. The molecule has 0 unspecified atom stereocenters. The molecule has 0 spiro atoms. The minimum atomic E-state index is 1.12. The van der Waals surface area contributed by atoms with Crippen molar-refractivity contribution in [3.05, 3.63) is 54.1 Å². The normalized spacial score (nSPS) is 11.4. The van der Waals surface area contributed by atoms with Crippen LogP contribution < -0.4 is 0 Å². The van der Waals surface area contributed by atoms with E-state index < -0.39 is 0 Å². The van der Waals surface area contributed by atoms with E-state index >= 15 is 0 Å². The molecule has 0 radical (unpaired) electrons. The van der Waals surface area contributed by atoms with Gasteiger partial charge in [-0.15, -0.1) is 0 Å². The van der Waals surface area contributed by atoms with Crippen LogP contribution in [0.25, 0.3) is 5.57 Å². The van der Waals surface area contributed by atoms with Crippen LogP contribution in [-0.2, 0) is 0 Å². The number of benzene rings is 1. The molecule has 0 aromatic heterocycles. The first-order valence-corrected chi connectivity index (χ1v) is 5.17. The van der Waals surface area contributed by atoms with Gasteiger partial charge in [-0.3, -0.25) is 0 Å². The van der Waals surface area contributed by atoms with Gasteiger partial charge in [-0.1, -0.05) is 61.9 Å². The van der Waals surface area contributed by atoms with Crippen molar-refractivity contribution >= 4 is 5.57 Å². The highest BCUT2D eigenvalue weighted by molar-refractivity contribution is 5.73. The van der Waals surface area contributed by atoms with Crippen LogP contribution in [-0.4, -0.2) is 0 Å². The smallest absolute Gasteiger partial charge is 0.0187 e. The summed E-state index contributed by atoms with van der Waals surface area (Å²) in [5.74, 6) is 0. The van der Waals surface area contributed by atoms with Crippen molar-refractivity contribution in [2.75, 3.05) is 0 Å². The summed E-state index contributed by atoms with van der Waals surface area (Å²) in [4.78, 5) is 0. The molecule has 0 saturated carbocycles. The molecule has 14 heavy (non-hydrogen) atoms. The number of allylic oxidation sites excluding steroid dienone is 3. The van der Waals surface area contributed by atoms with E-state index in [1.54, 1.807) is 0 Å². The summed E-state index contributed by atoms with van der Waals surface area (Å²) in [6, 6.07) is 8.58. The monoisotopic (exact) mass is 186 g/mol. The van der Waals surface area contributed by atoms with Crippen molar-refractivity contribution in [1.82, 2.24) is 0 Å².